The van der Waals surface area contributed by atoms with E-state index in [0.717, 1.165) is 16.8 Å². The topological polar surface area (TPSA) is 46.6 Å². The molecule has 1 aromatic rings. The van der Waals surface area contributed by atoms with Crippen molar-refractivity contribution < 1.29 is 14.3 Å². The summed E-state index contributed by atoms with van der Waals surface area (Å²) in [5.74, 6) is -0.622. The number of nitrogens with zero attached hydrogens (tertiary/aromatic N) is 1. The van der Waals surface area contributed by atoms with E-state index < -0.39 is 0 Å². The summed E-state index contributed by atoms with van der Waals surface area (Å²) in [5, 5.41) is 0. The minimum absolute atomic E-state index is 0.00764. The Morgan fingerprint density at radius 3 is 2.84 bits per heavy atom. The number of esters is 1. The second-order valence-electron chi connectivity index (χ2n) is 4.95. The Bertz CT molecular complexity index is 510. The Balaban J connectivity index is 2.20. The predicted molar refractivity (Wildman–Crippen MR) is 73.0 cm³/mol. The minimum Gasteiger partial charge on any atom is -0.466 e. The molecule has 2 rings (SSSR count). The maximum Gasteiger partial charge on any atom is 0.311 e. The zero-order valence-corrected chi connectivity index (χ0v) is 11.6. The van der Waals surface area contributed by atoms with Gasteiger partial charge in [-0.05, 0) is 38.0 Å². The van der Waals surface area contributed by atoms with E-state index in [1.165, 1.54) is 0 Å². The van der Waals surface area contributed by atoms with Crippen LogP contribution in [-0.2, 0) is 14.3 Å². The van der Waals surface area contributed by atoms with Gasteiger partial charge in [-0.15, -0.1) is 0 Å². The van der Waals surface area contributed by atoms with Gasteiger partial charge in [0.25, 0.3) is 0 Å². The molecule has 0 aromatic heterocycles. The third kappa shape index (κ3) is 2.78. The second kappa shape index (κ2) is 5.43. The van der Waals surface area contributed by atoms with Crippen LogP contribution in [0.25, 0.3) is 0 Å². The van der Waals surface area contributed by atoms with Gasteiger partial charge in [0.05, 0.1) is 12.5 Å². The summed E-state index contributed by atoms with van der Waals surface area (Å²) in [7, 11) is 0. The van der Waals surface area contributed by atoms with Crippen LogP contribution in [0.5, 0.6) is 0 Å². The Hall–Kier alpha value is -1.84. The number of aryl methyl sites for hydroxylation is 2. The molecule has 1 fully saturated rings. The van der Waals surface area contributed by atoms with Gasteiger partial charge in [0.1, 0.15) is 0 Å². The van der Waals surface area contributed by atoms with Crippen LogP contribution in [0.15, 0.2) is 18.2 Å². The Morgan fingerprint density at radius 2 is 2.16 bits per heavy atom. The van der Waals surface area contributed by atoms with Crippen molar-refractivity contribution in [1.29, 1.82) is 0 Å². The van der Waals surface area contributed by atoms with E-state index in [9.17, 15) is 9.59 Å². The van der Waals surface area contributed by atoms with Gasteiger partial charge in [0, 0.05) is 18.7 Å². The van der Waals surface area contributed by atoms with Gasteiger partial charge >= 0.3 is 5.97 Å². The highest BCUT2D eigenvalue weighted by molar-refractivity contribution is 6.00. The molecule has 0 spiro atoms. The van der Waals surface area contributed by atoms with Crippen molar-refractivity contribution in [3.63, 3.8) is 0 Å². The van der Waals surface area contributed by atoms with Crippen molar-refractivity contribution in [1.82, 2.24) is 0 Å². The molecule has 1 amide bonds. The number of carbonyl (C=O) groups excluding carboxylic acids is 2. The highest BCUT2D eigenvalue weighted by Gasteiger charge is 2.36. The van der Waals surface area contributed by atoms with E-state index in [1.807, 2.05) is 32.0 Å². The number of hydrogen-bond acceptors (Lipinski definition) is 3. The normalized spacial score (nSPS) is 18.8. The zero-order chi connectivity index (χ0) is 14.0. The quantitative estimate of drug-likeness (QED) is 0.784. The zero-order valence-electron chi connectivity index (χ0n) is 11.6. The molecule has 1 atom stereocenters. The molecule has 0 unspecified atom stereocenters. The average Bonchev–Trinajstić information content (AvgIpc) is 2.75. The van der Waals surface area contributed by atoms with E-state index >= 15 is 0 Å². The molecule has 1 saturated heterocycles. The fourth-order valence-corrected chi connectivity index (χ4v) is 2.37. The lowest BCUT2D eigenvalue weighted by atomic mass is 10.1. The summed E-state index contributed by atoms with van der Waals surface area (Å²) >= 11 is 0. The molecule has 4 heteroatoms. The van der Waals surface area contributed by atoms with Crippen LogP contribution in [-0.4, -0.2) is 25.0 Å². The first-order valence-corrected chi connectivity index (χ1v) is 6.57. The van der Waals surface area contributed by atoms with Crippen LogP contribution in [0, 0.1) is 19.8 Å². The first-order chi connectivity index (χ1) is 9.02. The molecule has 1 aliphatic rings. The maximum atomic E-state index is 12.1. The predicted octanol–water partition coefficient (Wildman–Crippen LogP) is 2.22. The summed E-state index contributed by atoms with van der Waals surface area (Å²) < 4.78 is 4.99. The summed E-state index contributed by atoms with van der Waals surface area (Å²) in [6, 6.07) is 6.00. The molecule has 1 aliphatic heterocycles. The molecule has 4 nitrogen and oxygen atoms in total. The van der Waals surface area contributed by atoms with Crippen molar-refractivity contribution >= 4 is 17.6 Å². The van der Waals surface area contributed by atoms with Crippen molar-refractivity contribution in [2.24, 2.45) is 5.92 Å². The molecule has 19 heavy (non-hydrogen) atoms. The summed E-state index contributed by atoms with van der Waals surface area (Å²) in [4.78, 5) is 25.5. The number of anilines is 1. The summed E-state index contributed by atoms with van der Waals surface area (Å²) in [6.07, 6.45) is 0.242. The number of benzene rings is 1. The first-order valence-electron chi connectivity index (χ1n) is 6.57. The fraction of sp³-hybridized carbons (Fsp3) is 0.467. The molecular formula is C15H19NO3. The van der Waals surface area contributed by atoms with E-state index in [0.29, 0.717) is 13.2 Å². The van der Waals surface area contributed by atoms with Crippen LogP contribution < -0.4 is 4.90 Å². The molecule has 0 aliphatic carbocycles. The van der Waals surface area contributed by atoms with Crippen molar-refractivity contribution in [2.75, 3.05) is 18.1 Å². The van der Waals surface area contributed by atoms with Gasteiger partial charge in [0.2, 0.25) is 5.91 Å². The third-order valence-electron chi connectivity index (χ3n) is 3.40. The fourth-order valence-electron chi connectivity index (χ4n) is 2.37. The van der Waals surface area contributed by atoms with Gasteiger partial charge < -0.3 is 9.64 Å². The van der Waals surface area contributed by atoms with Crippen molar-refractivity contribution in [3.8, 4) is 0 Å². The number of amides is 1. The molecule has 1 heterocycles. The Morgan fingerprint density at radius 1 is 1.42 bits per heavy atom. The van der Waals surface area contributed by atoms with E-state index in [4.69, 9.17) is 4.74 Å². The largest absolute Gasteiger partial charge is 0.466 e. The first kappa shape index (κ1) is 13.6. The molecule has 0 radical (unpaired) electrons. The lowest BCUT2D eigenvalue weighted by molar-refractivity contribution is -0.147. The second-order valence-corrected chi connectivity index (χ2v) is 4.95. The number of carbonyl (C=O) groups is 2. The lowest BCUT2D eigenvalue weighted by Crippen LogP contribution is -2.27. The minimum atomic E-state index is -0.340. The highest BCUT2D eigenvalue weighted by Crippen LogP contribution is 2.29. The van der Waals surface area contributed by atoms with Crippen LogP contribution >= 0.6 is 0 Å². The van der Waals surface area contributed by atoms with Crippen LogP contribution in [0.4, 0.5) is 5.69 Å². The number of ether oxygens (including phenoxy) is 1. The molecule has 102 valence electrons. The Labute approximate surface area is 113 Å². The average molecular weight is 261 g/mol. The van der Waals surface area contributed by atoms with E-state index in [2.05, 4.69) is 0 Å². The molecule has 1 aromatic carbocycles. The van der Waals surface area contributed by atoms with Crippen molar-refractivity contribution in [3.05, 3.63) is 29.3 Å². The smallest absolute Gasteiger partial charge is 0.311 e. The van der Waals surface area contributed by atoms with E-state index in [1.54, 1.807) is 11.8 Å². The van der Waals surface area contributed by atoms with Gasteiger partial charge in [-0.2, -0.15) is 0 Å². The van der Waals surface area contributed by atoms with E-state index in [-0.39, 0.29) is 24.2 Å². The summed E-state index contributed by atoms with van der Waals surface area (Å²) in [5.41, 5.74) is 3.05. The Kier molecular flexibility index (Phi) is 3.88. The van der Waals surface area contributed by atoms with Crippen LogP contribution in [0.3, 0.4) is 0 Å². The van der Waals surface area contributed by atoms with Crippen LogP contribution in [0.1, 0.15) is 24.5 Å². The van der Waals surface area contributed by atoms with Gasteiger partial charge in [-0.25, -0.2) is 0 Å². The van der Waals surface area contributed by atoms with Gasteiger partial charge in [0.15, 0.2) is 0 Å². The third-order valence-corrected chi connectivity index (χ3v) is 3.40. The maximum absolute atomic E-state index is 12.1. The standard InChI is InChI=1S/C15H19NO3/c1-4-19-15(18)12-8-14(17)16(9-12)13-7-10(2)5-6-11(13)3/h5-7,12H,4,8-9H2,1-3H3/t12-/m1/s1. The van der Waals surface area contributed by atoms with Gasteiger partial charge in [-0.1, -0.05) is 12.1 Å². The molecule has 0 saturated carbocycles. The molecule has 0 bridgehead atoms. The molecule has 0 N–H and O–H groups in total. The van der Waals surface area contributed by atoms with Crippen molar-refractivity contribution in [2.45, 2.75) is 27.2 Å². The number of hydrogen-bond donors (Lipinski definition) is 0. The number of rotatable bonds is 3. The molecular weight excluding hydrogens is 242 g/mol. The SMILES string of the molecule is CCOC(=O)[C@@H]1CC(=O)N(c2cc(C)ccc2C)C1. The highest BCUT2D eigenvalue weighted by atomic mass is 16.5. The lowest BCUT2D eigenvalue weighted by Gasteiger charge is -2.19. The monoisotopic (exact) mass is 261 g/mol. The van der Waals surface area contributed by atoms with Crippen LogP contribution in [0.2, 0.25) is 0 Å². The summed E-state index contributed by atoms with van der Waals surface area (Å²) in [6.45, 7) is 6.51. The van der Waals surface area contributed by atoms with Gasteiger partial charge in [-0.3, -0.25) is 9.59 Å².